The first-order chi connectivity index (χ1) is 12.6. The maximum absolute atomic E-state index is 9.23. The minimum absolute atomic E-state index is 0.0281. The Hall–Kier alpha value is -1.09. The molecule has 3 nitrogen and oxygen atoms in total. The van der Waals surface area contributed by atoms with Gasteiger partial charge in [0, 0.05) is 5.41 Å². The fourth-order valence-corrected chi connectivity index (χ4v) is 7.92. The van der Waals surface area contributed by atoms with Crippen molar-refractivity contribution in [2.75, 3.05) is 6.61 Å². The summed E-state index contributed by atoms with van der Waals surface area (Å²) in [5.74, 6) is 4.01. The first kappa shape index (κ1) is 17.0. The molecule has 4 aliphatic carbocycles. The van der Waals surface area contributed by atoms with Crippen molar-refractivity contribution in [3.63, 3.8) is 0 Å². The second-order valence-corrected chi connectivity index (χ2v) is 9.77. The second-order valence-electron chi connectivity index (χ2n) is 9.77. The Kier molecular flexibility index (Phi) is 3.90. The normalized spacial score (nSPS) is 51.2. The first-order valence-electron chi connectivity index (χ1n) is 10.8. The van der Waals surface area contributed by atoms with Crippen LogP contribution in [0.25, 0.3) is 0 Å². The number of rotatable bonds is 1. The Morgan fingerprint density at radius 3 is 2.88 bits per heavy atom. The molecule has 3 heteroatoms. The Labute approximate surface area is 157 Å². The summed E-state index contributed by atoms with van der Waals surface area (Å²) in [6.07, 6.45) is 16.8. The monoisotopic (exact) mass is 355 g/mol. The van der Waals surface area contributed by atoms with E-state index < -0.39 is 0 Å². The van der Waals surface area contributed by atoms with Crippen molar-refractivity contribution in [2.45, 2.75) is 70.8 Å². The molecule has 1 heterocycles. The first-order valence-corrected chi connectivity index (χ1v) is 10.8. The van der Waals surface area contributed by atoms with Crippen molar-refractivity contribution in [1.82, 2.24) is 0 Å². The summed E-state index contributed by atoms with van der Waals surface area (Å²) in [6, 6.07) is 0. The third kappa shape index (κ3) is 2.13. The van der Waals surface area contributed by atoms with Crippen LogP contribution in [0.1, 0.15) is 65.2 Å². The van der Waals surface area contributed by atoms with E-state index >= 15 is 0 Å². The minimum atomic E-state index is 0.0281. The summed E-state index contributed by atoms with van der Waals surface area (Å²) in [4.78, 5) is 0. The predicted octanol–water partition coefficient (Wildman–Crippen LogP) is 5.35. The van der Waals surface area contributed by atoms with Crippen LogP contribution in [0, 0.1) is 35.0 Å². The van der Waals surface area contributed by atoms with E-state index in [4.69, 9.17) is 4.74 Å². The third-order valence-electron chi connectivity index (χ3n) is 9.14. The van der Waals surface area contributed by atoms with Crippen molar-refractivity contribution in [3.8, 4) is 0 Å². The topological polar surface area (TPSA) is 41.8 Å². The maximum atomic E-state index is 9.23. The lowest BCUT2D eigenvalue weighted by molar-refractivity contribution is -0.121. The quantitative estimate of drug-likeness (QED) is 0.391. The van der Waals surface area contributed by atoms with Crippen LogP contribution in [0.4, 0.5) is 0 Å². The van der Waals surface area contributed by atoms with Crippen molar-refractivity contribution < 1.29 is 9.94 Å². The van der Waals surface area contributed by atoms with Crippen LogP contribution in [0.15, 0.2) is 29.0 Å². The number of hydrogen-bond donors (Lipinski definition) is 1. The molecule has 0 saturated heterocycles. The summed E-state index contributed by atoms with van der Waals surface area (Å²) in [7, 11) is 0. The van der Waals surface area contributed by atoms with Gasteiger partial charge < -0.3 is 9.94 Å². The Balaban J connectivity index is 1.51. The van der Waals surface area contributed by atoms with Gasteiger partial charge in [-0.2, -0.15) is 0 Å². The van der Waals surface area contributed by atoms with Gasteiger partial charge in [-0.05, 0) is 80.6 Å². The van der Waals surface area contributed by atoms with Gasteiger partial charge in [0.05, 0.1) is 17.9 Å². The van der Waals surface area contributed by atoms with Gasteiger partial charge in [-0.3, -0.25) is 0 Å². The van der Waals surface area contributed by atoms with Crippen LogP contribution in [-0.4, -0.2) is 23.1 Å². The SMILES string of the molecule is CCC1CC2=C/C(=N/O)CC[C@@H]2C2CC[C@@]3(C)C(CC[C@@]34C=CCO4)C12. The van der Waals surface area contributed by atoms with Crippen LogP contribution >= 0.6 is 0 Å². The lowest BCUT2D eigenvalue weighted by Gasteiger charge is -2.58. The molecule has 0 aromatic heterocycles. The molecule has 5 rings (SSSR count). The number of oxime groups is 1. The number of hydrogen-bond acceptors (Lipinski definition) is 3. The van der Waals surface area contributed by atoms with Gasteiger partial charge in [-0.15, -0.1) is 0 Å². The number of allylic oxidation sites excluding steroid dienone is 2. The van der Waals surface area contributed by atoms with E-state index in [1.807, 2.05) is 0 Å². The zero-order valence-electron chi connectivity index (χ0n) is 16.3. The van der Waals surface area contributed by atoms with E-state index in [0.717, 1.165) is 48.3 Å². The van der Waals surface area contributed by atoms with Gasteiger partial charge in [0.15, 0.2) is 0 Å². The van der Waals surface area contributed by atoms with Crippen LogP contribution in [0.5, 0.6) is 0 Å². The number of ether oxygens (including phenoxy) is 1. The highest BCUT2D eigenvalue weighted by molar-refractivity contribution is 5.96. The van der Waals surface area contributed by atoms with Gasteiger partial charge in [0.2, 0.25) is 0 Å². The molecule has 0 aromatic rings. The molecule has 26 heavy (non-hydrogen) atoms. The molecule has 1 spiro atoms. The zero-order chi connectivity index (χ0) is 17.9. The fraction of sp³-hybridized carbons (Fsp3) is 0.783. The van der Waals surface area contributed by atoms with E-state index in [2.05, 4.69) is 37.2 Å². The molecule has 1 aliphatic heterocycles. The van der Waals surface area contributed by atoms with E-state index in [9.17, 15) is 5.21 Å². The summed E-state index contributed by atoms with van der Waals surface area (Å²) >= 11 is 0. The van der Waals surface area contributed by atoms with Crippen molar-refractivity contribution in [3.05, 3.63) is 23.8 Å². The molecular weight excluding hydrogens is 322 g/mol. The molecule has 7 atom stereocenters. The summed E-state index contributed by atoms with van der Waals surface area (Å²) in [5, 5.41) is 12.8. The molecule has 3 fully saturated rings. The molecule has 0 bridgehead atoms. The predicted molar refractivity (Wildman–Crippen MR) is 103 cm³/mol. The lowest BCUT2D eigenvalue weighted by Crippen LogP contribution is -2.54. The Morgan fingerprint density at radius 2 is 2.15 bits per heavy atom. The van der Waals surface area contributed by atoms with E-state index in [1.54, 1.807) is 5.57 Å². The fourth-order valence-electron chi connectivity index (χ4n) is 7.92. The molecule has 5 aliphatic rings. The highest BCUT2D eigenvalue weighted by Crippen LogP contribution is 2.67. The molecule has 0 amide bonds. The summed E-state index contributed by atoms with van der Waals surface area (Å²) in [6.45, 7) is 5.74. The van der Waals surface area contributed by atoms with Crippen molar-refractivity contribution in [1.29, 1.82) is 0 Å². The molecular formula is C23H33NO2. The number of fused-ring (bicyclic) bond motifs is 6. The van der Waals surface area contributed by atoms with E-state index in [-0.39, 0.29) is 5.60 Å². The molecule has 3 saturated carbocycles. The Morgan fingerprint density at radius 1 is 1.27 bits per heavy atom. The van der Waals surface area contributed by atoms with Crippen molar-refractivity contribution >= 4 is 5.71 Å². The maximum Gasteiger partial charge on any atom is 0.0923 e. The Bertz CT molecular complexity index is 680. The van der Waals surface area contributed by atoms with E-state index in [1.165, 1.54) is 44.9 Å². The van der Waals surface area contributed by atoms with Gasteiger partial charge in [0.25, 0.3) is 0 Å². The smallest absolute Gasteiger partial charge is 0.0923 e. The molecule has 142 valence electrons. The average molecular weight is 356 g/mol. The average Bonchev–Trinajstić information content (AvgIpc) is 3.26. The summed E-state index contributed by atoms with van der Waals surface area (Å²) < 4.78 is 6.39. The van der Waals surface area contributed by atoms with Crippen molar-refractivity contribution in [2.24, 2.45) is 40.2 Å². The second kappa shape index (κ2) is 5.95. The zero-order valence-corrected chi connectivity index (χ0v) is 16.3. The van der Waals surface area contributed by atoms with Gasteiger partial charge in [-0.1, -0.05) is 43.1 Å². The lowest BCUT2D eigenvalue weighted by atomic mass is 9.48. The molecule has 4 unspecified atom stereocenters. The third-order valence-corrected chi connectivity index (χ3v) is 9.14. The van der Waals surface area contributed by atoms with Gasteiger partial charge in [0.1, 0.15) is 0 Å². The van der Waals surface area contributed by atoms with Gasteiger partial charge >= 0.3 is 0 Å². The highest BCUT2D eigenvalue weighted by atomic mass is 16.5. The van der Waals surface area contributed by atoms with Gasteiger partial charge in [-0.25, -0.2) is 0 Å². The summed E-state index contributed by atoms with van der Waals surface area (Å²) in [5.41, 5.74) is 2.84. The van der Waals surface area contributed by atoms with Crippen LogP contribution in [-0.2, 0) is 4.74 Å². The highest BCUT2D eigenvalue weighted by Gasteiger charge is 2.64. The van der Waals surface area contributed by atoms with Crippen LogP contribution in [0.3, 0.4) is 0 Å². The van der Waals surface area contributed by atoms with Crippen LogP contribution < -0.4 is 0 Å². The van der Waals surface area contributed by atoms with Crippen LogP contribution in [0.2, 0.25) is 0 Å². The van der Waals surface area contributed by atoms with E-state index in [0.29, 0.717) is 5.41 Å². The molecule has 1 N–H and O–H groups in total. The largest absolute Gasteiger partial charge is 0.411 e. The number of nitrogens with zero attached hydrogens (tertiary/aromatic N) is 1. The standard InChI is InChI=1S/C23H33NO2/c1-3-15-13-16-14-17(24-25)5-6-18(16)19-7-10-22(2)20(21(15)19)8-11-23(22)9-4-12-26-23/h4,9,14-15,18-21,25H,3,5-8,10-13H2,1-2H3/b24-17+/t15?,18-,19?,20?,21?,22-,23-/m0/s1. The minimum Gasteiger partial charge on any atom is -0.411 e. The molecule has 0 radical (unpaired) electrons. The molecule has 0 aromatic carbocycles.